The largest absolute Gasteiger partial charge is 0.338 e. The first kappa shape index (κ1) is 21.5. The van der Waals surface area contributed by atoms with Gasteiger partial charge in [-0.25, -0.2) is 18.7 Å². The smallest absolute Gasteiger partial charge is 0.332 e. The van der Waals surface area contributed by atoms with Gasteiger partial charge in [-0.05, 0) is 24.6 Å². The molecule has 3 aromatic rings. The zero-order valence-electron chi connectivity index (χ0n) is 18.0. The highest BCUT2D eigenvalue weighted by atomic mass is 19.1. The predicted octanol–water partition coefficient (Wildman–Crippen LogP) is -0.134. The molecule has 0 saturated carbocycles. The third-order valence-electron chi connectivity index (χ3n) is 5.83. The molecule has 1 aromatic carbocycles. The van der Waals surface area contributed by atoms with Gasteiger partial charge in [0.15, 0.2) is 11.2 Å². The Hall–Kier alpha value is -3.76. The third kappa shape index (κ3) is 3.59. The minimum absolute atomic E-state index is 0.237. The Morgan fingerprint density at radius 1 is 1.06 bits per heavy atom. The zero-order valence-corrected chi connectivity index (χ0v) is 18.0. The summed E-state index contributed by atoms with van der Waals surface area (Å²) in [4.78, 5) is 58.0. The van der Waals surface area contributed by atoms with E-state index in [4.69, 9.17) is 0 Å². The molecule has 10 nitrogen and oxygen atoms in total. The van der Waals surface area contributed by atoms with E-state index in [1.54, 1.807) is 31.0 Å². The van der Waals surface area contributed by atoms with Crippen LogP contribution in [-0.2, 0) is 25.4 Å². The van der Waals surface area contributed by atoms with Gasteiger partial charge in [-0.1, -0.05) is 6.07 Å². The van der Waals surface area contributed by atoms with Crippen LogP contribution < -0.4 is 11.2 Å². The summed E-state index contributed by atoms with van der Waals surface area (Å²) in [6.07, 6.45) is 1.44. The molecular formula is C21H23FN6O4. The topological polar surface area (TPSA) is 102 Å². The quantitative estimate of drug-likeness (QED) is 0.562. The second-order valence-electron chi connectivity index (χ2n) is 7.90. The van der Waals surface area contributed by atoms with Crippen LogP contribution in [0, 0.1) is 12.7 Å². The average molecular weight is 442 g/mol. The van der Waals surface area contributed by atoms with E-state index in [1.807, 2.05) is 0 Å². The van der Waals surface area contributed by atoms with Crippen LogP contribution in [0.3, 0.4) is 0 Å². The van der Waals surface area contributed by atoms with Crippen molar-refractivity contribution in [2.75, 3.05) is 26.2 Å². The average Bonchev–Trinajstić information content (AvgIpc) is 3.18. The van der Waals surface area contributed by atoms with E-state index in [1.165, 1.54) is 33.5 Å². The molecule has 0 aliphatic carbocycles. The highest BCUT2D eigenvalue weighted by Gasteiger charge is 2.26. The molecule has 1 aliphatic rings. The molecule has 3 heterocycles. The highest BCUT2D eigenvalue weighted by Crippen LogP contribution is 2.13. The summed E-state index contributed by atoms with van der Waals surface area (Å²) >= 11 is 0. The maximum Gasteiger partial charge on any atom is 0.332 e. The number of aryl methyl sites for hydroxylation is 3. The molecule has 2 amide bonds. The van der Waals surface area contributed by atoms with E-state index in [9.17, 15) is 23.6 Å². The monoisotopic (exact) mass is 442 g/mol. The molecule has 4 rings (SSSR count). The molecule has 0 atom stereocenters. The highest BCUT2D eigenvalue weighted by molar-refractivity contribution is 5.94. The zero-order chi connectivity index (χ0) is 23.2. The van der Waals surface area contributed by atoms with E-state index in [-0.39, 0.29) is 54.7 Å². The second kappa shape index (κ2) is 8.06. The van der Waals surface area contributed by atoms with Crippen LogP contribution in [0.25, 0.3) is 11.2 Å². The van der Waals surface area contributed by atoms with E-state index in [0.29, 0.717) is 5.56 Å². The van der Waals surface area contributed by atoms with Crippen LogP contribution in [0.4, 0.5) is 4.39 Å². The summed E-state index contributed by atoms with van der Waals surface area (Å²) < 4.78 is 17.4. The van der Waals surface area contributed by atoms with Crippen LogP contribution in [0.5, 0.6) is 0 Å². The molecule has 0 bridgehead atoms. The predicted molar refractivity (Wildman–Crippen MR) is 114 cm³/mol. The molecule has 0 spiro atoms. The number of fused-ring (bicyclic) bond motifs is 1. The van der Waals surface area contributed by atoms with Gasteiger partial charge in [-0.15, -0.1) is 0 Å². The fourth-order valence-electron chi connectivity index (χ4n) is 3.84. The maximum absolute atomic E-state index is 13.8. The Bertz CT molecular complexity index is 1350. The SMILES string of the molecule is Cc1ccc(C(=O)N2CCN(C(=O)Cn3c(=O)c4c(ncn4C)n(C)c3=O)CC2)cc1F. The lowest BCUT2D eigenvalue weighted by Crippen LogP contribution is -2.52. The lowest BCUT2D eigenvalue weighted by Gasteiger charge is -2.35. The van der Waals surface area contributed by atoms with Gasteiger partial charge in [-0.2, -0.15) is 0 Å². The number of piperazine rings is 1. The van der Waals surface area contributed by atoms with Crippen LogP contribution in [0.1, 0.15) is 15.9 Å². The van der Waals surface area contributed by atoms with Crippen molar-refractivity contribution in [2.45, 2.75) is 13.5 Å². The van der Waals surface area contributed by atoms with Gasteiger partial charge in [0, 0.05) is 45.8 Å². The van der Waals surface area contributed by atoms with Gasteiger partial charge < -0.3 is 14.4 Å². The first-order chi connectivity index (χ1) is 15.2. The van der Waals surface area contributed by atoms with Gasteiger partial charge in [-0.3, -0.25) is 19.0 Å². The Morgan fingerprint density at radius 3 is 2.38 bits per heavy atom. The van der Waals surface area contributed by atoms with Gasteiger partial charge in [0.1, 0.15) is 12.4 Å². The summed E-state index contributed by atoms with van der Waals surface area (Å²) in [5.41, 5.74) is 0.0120. The minimum Gasteiger partial charge on any atom is -0.338 e. The Kier molecular flexibility index (Phi) is 5.41. The van der Waals surface area contributed by atoms with Crippen molar-refractivity contribution in [3.05, 3.63) is 62.3 Å². The first-order valence-corrected chi connectivity index (χ1v) is 10.1. The van der Waals surface area contributed by atoms with Crippen molar-refractivity contribution in [2.24, 2.45) is 14.1 Å². The van der Waals surface area contributed by atoms with Crippen LogP contribution in [-0.4, -0.2) is 66.5 Å². The summed E-state index contributed by atoms with van der Waals surface area (Å²) in [7, 11) is 3.14. The van der Waals surface area contributed by atoms with E-state index in [0.717, 1.165) is 4.57 Å². The van der Waals surface area contributed by atoms with Crippen molar-refractivity contribution in [3.8, 4) is 0 Å². The lowest BCUT2D eigenvalue weighted by molar-refractivity contribution is -0.133. The summed E-state index contributed by atoms with van der Waals surface area (Å²) in [5.74, 6) is -1.14. The Labute approximate surface area is 182 Å². The van der Waals surface area contributed by atoms with Crippen LogP contribution in [0.2, 0.25) is 0 Å². The number of imidazole rings is 1. The number of carbonyl (C=O) groups excluding carboxylic acids is 2. The second-order valence-corrected chi connectivity index (χ2v) is 7.90. The molecule has 1 saturated heterocycles. The van der Waals surface area contributed by atoms with E-state index >= 15 is 0 Å². The third-order valence-corrected chi connectivity index (χ3v) is 5.83. The van der Waals surface area contributed by atoms with Crippen molar-refractivity contribution in [3.63, 3.8) is 0 Å². The summed E-state index contributed by atoms with van der Waals surface area (Å²) in [6, 6.07) is 4.35. The molecule has 2 aromatic heterocycles. The van der Waals surface area contributed by atoms with E-state index in [2.05, 4.69) is 4.98 Å². The molecule has 32 heavy (non-hydrogen) atoms. The number of hydrogen-bond acceptors (Lipinski definition) is 5. The van der Waals surface area contributed by atoms with Crippen LogP contribution in [0.15, 0.2) is 34.1 Å². The van der Waals surface area contributed by atoms with Gasteiger partial charge >= 0.3 is 5.69 Å². The normalized spacial score (nSPS) is 14.2. The van der Waals surface area contributed by atoms with Crippen molar-refractivity contribution >= 4 is 23.0 Å². The molecular weight excluding hydrogens is 419 g/mol. The number of hydrogen-bond donors (Lipinski definition) is 0. The summed E-state index contributed by atoms with van der Waals surface area (Å²) in [6.45, 7) is 2.27. The standard InChI is InChI=1S/C21H23FN6O4/c1-13-4-5-14(10-15(13)22)19(30)27-8-6-26(7-9-27)16(29)11-28-20(31)17-18(23-12-24(17)2)25(3)21(28)32/h4-5,10,12H,6-9,11H2,1-3H3. The molecule has 168 valence electrons. The Morgan fingerprint density at radius 2 is 1.72 bits per heavy atom. The molecule has 0 unspecified atom stereocenters. The Balaban J connectivity index is 1.47. The number of halogens is 1. The van der Waals surface area contributed by atoms with Crippen molar-refractivity contribution in [1.29, 1.82) is 0 Å². The summed E-state index contributed by atoms with van der Waals surface area (Å²) in [5, 5.41) is 0. The fraction of sp³-hybridized carbons (Fsp3) is 0.381. The van der Waals surface area contributed by atoms with Crippen LogP contribution >= 0.6 is 0 Å². The number of benzene rings is 1. The first-order valence-electron chi connectivity index (χ1n) is 10.1. The van der Waals surface area contributed by atoms with Crippen molar-refractivity contribution in [1.82, 2.24) is 28.5 Å². The molecule has 1 fully saturated rings. The lowest BCUT2D eigenvalue weighted by atomic mass is 10.1. The van der Waals surface area contributed by atoms with Gasteiger partial charge in [0.05, 0.1) is 6.33 Å². The number of nitrogens with zero attached hydrogens (tertiary/aromatic N) is 6. The number of amides is 2. The number of rotatable bonds is 3. The molecule has 1 aliphatic heterocycles. The molecule has 0 radical (unpaired) electrons. The fourth-order valence-corrected chi connectivity index (χ4v) is 3.84. The maximum atomic E-state index is 13.8. The minimum atomic E-state index is -0.621. The van der Waals surface area contributed by atoms with Gasteiger partial charge in [0.25, 0.3) is 11.5 Å². The molecule has 11 heteroatoms. The molecule has 0 N–H and O–H groups in total. The van der Waals surface area contributed by atoms with E-state index < -0.39 is 23.6 Å². The number of carbonyl (C=O) groups is 2. The van der Waals surface area contributed by atoms with Gasteiger partial charge in [0.2, 0.25) is 5.91 Å². The van der Waals surface area contributed by atoms with Crippen molar-refractivity contribution < 1.29 is 14.0 Å². The number of aromatic nitrogens is 4.